The third kappa shape index (κ3) is 3.61. The Morgan fingerprint density at radius 3 is 2.81 bits per heavy atom. The van der Waals surface area contributed by atoms with Crippen LogP contribution < -0.4 is 0 Å². The number of rotatable bonds is 3. The molecule has 0 N–H and O–H groups in total. The second kappa shape index (κ2) is 7.05. The molecule has 0 saturated carbocycles. The minimum absolute atomic E-state index is 0.156. The first kappa shape index (κ1) is 18.1. The van der Waals surface area contributed by atoms with Gasteiger partial charge in [-0.15, -0.1) is 0 Å². The summed E-state index contributed by atoms with van der Waals surface area (Å²) >= 11 is 2.43. The van der Waals surface area contributed by atoms with Crippen molar-refractivity contribution in [3.63, 3.8) is 0 Å². The summed E-state index contributed by atoms with van der Waals surface area (Å²) in [6.07, 6.45) is 2.43. The summed E-state index contributed by atoms with van der Waals surface area (Å²) in [6, 6.07) is 9.77. The molecule has 2 amide bonds. The predicted molar refractivity (Wildman–Crippen MR) is 109 cm³/mol. The molecule has 2 aromatic rings. The molecular weight excluding hydrogens is 380 g/mol. The van der Waals surface area contributed by atoms with Gasteiger partial charge in [0.05, 0.1) is 15.6 Å². The number of aliphatic imine (C=N–C) groups is 1. The van der Waals surface area contributed by atoms with Gasteiger partial charge in [0.15, 0.2) is 5.09 Å². The quantitative estimate of drug-likeness (QED) is 0.647. The van der Waals surface area contributed by atoms with E-state index in [-0.39, 0.29) is 17.2 Å². The third-order valence-corrected chi connectivity index (χ3v) is 6.03. The van der Waals surface area contributed by atoms with Gasteiger partial charge in [-0.3, -0.25) is 14.5 Å². The molecule has 2 aliphatic rings. The highest BCUT2D eigenvalue weighted by molar-refractivity contribution is 8.18. The van der Waals surface area contributed by atoms with Gasteiger partial charge in [0.1, 0.15) is 5.76 Å². The summed E-state index contributed by atoms with van der Waals surface area (Å²) in [5, 5.41) is 1.46. The van der Waals surface area contributed by atoms with E-state index in [1.807, 2.05) is 26.0 Å². The molecule has 5 nitrogen and oxygen atoms in total. The van der Waals surface area contributed by atoms with Crippen LogP contribution in [0.3, 0.4) is 0 Å². The van der Waals surface area contributed by atoms with Crippen LogP contribution in [0.25, 0.3) is 6.08 Å². The van der Waals surface area contributed by atoms with E-state index in [9.17, 15) is 9.59 Å². The van der Waals surface area contributed by atoms with Crippen LogP contribution in [-0.2, 0) is 11.2 Å². The molecule has 0 unspecified atom stereocenters. The van der Waals surface area contributed by atoms with Gasteiger partial charge in [-0.05, 0) is 68.1 Å². The second-order valence-electron chi connectivity index (χ2n) is 6.72. The lowest BCUT2D eigenvalue weighted by Gasteiger charge is -2.16. The van der Waals surface area contributed by atoms with Gasteiger partial charge in [-0.1, -0.05) is 17.7 Å². The van der Waals surface area contributed by atoms with Crippen LogP contribution in [0.1, 0.15) is 30.7 Å². The van der Waals surface area contributed by atoms with Gasteiger partial charge >= 0.3 is 0 Å². The van der Waals surface area contributed by atoms with Gasteiger partial charge in [-0.2, -0.15) is 0 Å². The first-order chi connectivity index (χ1) is 12.9. The van der Waals surface area contributed by atoms with Crippen molar-refractivity contribution < 1.29 is 14.0 Å². The van der Waals surface area contributed by atoms with E-state index in [0.29, 0.717) is 15.8 Å². The van der Waals surface area contributed by atoms with Crippen molar-refractivity contribution in [2.75, 3.05) is 0 Å². The summed E-state index contributed by atoms with van der Waals surface area (Å²) in [5.41, 5.74) is 3.47. The molecule has 0 bridgehead atoms. The molecule has 3 heterocycles. The molecule has 1 aromatic carbocycles. The SMILES string of the molecule is Cc1ccc2c(c1)CC(Sc1ccc(C=C3SC(=O)N(C(C)C)C3=O)o1)=N2. The second-order valence-corrected chi connectivity index (χ2v) is 8.79. The van der Waals surface area contributed by atoms with Gasteiger partial charge in [0.25, 0.3) is 11.1 Å². The molecule has 1 fully saturated rings. The zero-order valence-corrected chi connectivity index (χ0v) is 16.8. The monoisotopic (exact) mass is 398 g/mol. The molecule has 1 saturated heterocycles. The number of imide groups is 1. The number of amides is 2. The number of fused-ring (bicyclic) bond motifs is 1. The molecule has 4 rings (SSSR count). The maximum atomic E-state index is 12.4. The van der Waals surface area contributed by atoms with Gasteiger partial charge in [0.2, 0.25) is 0 Å². The highest BCUT2D eigenvalue weighted by atomic mass is 32.2. The maximum absolute atomic E-state index is 12.4. The maximum Gasteiger partial charge on any atom is 0.293 e. The standard InChI is InChI=1S/C20H18N2O3S2/c1-11(2)22-19(23)16(26-20(22)24)10-14-5-7-18(25-14)27-17-9-13-8-12(3)4-6-15(13)21-17/h4-8,10-11H,9H2,1-3H3. The van der Waals surface area contributed by atoms with E-state index in [4.69, 9.17) is 4.42 Å². The van der Waals surface area contributed by atoms with Crippen LogP contribution in [0.4, 0.5) is 10.5 Å². The molecule has 0 atom stereocenters. The smallest absolute Gasteiger partial charge is 0.293 e. The zero-order valence-electron chi connectivity index (χ0n) is 15.2. The number of benzene rings is 1. The Balaban J connectivity index is 1.47. The van der Waals surface area contributed by atoms with Crippen LogP contribution in [0.15, 0.2) is 49.7 Å². The lowest BCUT2D eigenvalue weighted by atomic mass is 10.1. The molecule has 2 aliphatic heterocycles. The number of nitrogens with zero attached hydrogens (tertiary/aromatic N) is 2. The molecular formula is C20H18N2O3S2. The van der Waals surface area contributed by atoms with E-state index in [1.165, 1.54) is 27.8 Å². The lowest BCUT2D eigenvalue weighted by Crippen LogP contribution is -2.34. The predicted octanol–water partition coefficient (Wildman–Crippen LogP) is 5.41. The van der Waals surface area contributed by atoms with Gasteiger partial charge < -0.3 is 4.42 Å². The van der Waals surface area contributed by atoms with E-state index in [2.05, 4.69) is 24.0 Å². The molecule has 7 heteroatoms. The largest absolute Gasteiger partial charge is 0.450 e. The number of thioether (sulfide) groups is 2. The van der Waals surface area contributed by atoms with Crippen LogP contribution in [0.5, 0.6) is 0 Å². The number of carbonyl (C=O) groups is 2. The molecule has 0 spiro atoms. The van der Waals surface area contributed by atoms with Gasteiger partial charge in [-0.25, -0.2) is 4.99 Å². The Hall–Kier alpha value is -2.25. The van der Waals surface area contributed by atoms with Crippen LogP contribution >= 0.6 is 23.5 Å². The fourth-order valence-corrected chi connectivity index (χ4v) is 4.82. The van der Waals surface area contributed by atoms with Crippen molar-refractivity contribution in [3.05, 3.63) is 52.1 Å². The first-order valence-electron chi connectivity index (χ1n) is 8.62. The van der Waals surface area contributed by atoms with Gasteiger partial charge in [0, 0.05) is 18.5 Å². The molecule has 0 aliphatic carbocycles. The first-order valence-corrected chi connectivity index (χ1v) is 10.3. The van der Waals surface area contributed by atoms with Crippen molar-refractivity contribution in [3.8, 4) is 0 Å². The molecule has 27 heavy (non-hydrogen) atoms. The highest BCUT2D eigenvalue weighted by Gasteiger charge is 2.36. The number of hydrogen-bond donors (Lipinski definition) is 0. The fourth-order valence-electron chi connectivity index (χ4n) is 3.00. The number of furan rings is 1. The molecule has 1 aromatic heterocycles. The summed E-state index contributed by atoms with van der Waals surface area (Å²) < 4.78 is 5.82. The number of aryl methyl sites for hydroxylation is 1. The fraction of sp³-hybridized carbons (Fsp3) is 0.250. The summed E-state index contributed by atoms with van der Waals surface area (Å²) in [4.78, 5) is 30.6. The Kier molecular flexibility index (Phi) is 4.74. The average molecular weight is 399 g/mol. The topological polar surface area (TPSA) is 62.9 Å². The van der Waals surface area contributed by atoms with E-state index >= 15 is 0 Å². The molecule has 0 radical (unpaired) electrons. The minimum atomic E-state index is -0.267. The zero-order chi connectivity index (χ0) is 19.1. The van der Waals surface area contributed by atoms with Crippen molar-refractivity contribution in [1.82, 2.24) is 4.90 Å². The van der Waals surface area contributed by atoms with Crippen LogP contribution in [0.2, 0.25) is 0 Å². The lowest BCUT2D eigenvalue weighted by molar-refractivity contribution is -0.123. The Morgan fingerprint density at radius 2 is 2.07 bits per heavy atom. The third-order valence-electron chi connectivity index (χ3n) is 4.26. The summed E-state index contributed by atoms with van der Waals surface area (Å²) in [7, 11) is 0. The number of carbonyl (C=O) groups excluding carboxylic acids is 2. The van der Waals surface area contributed by atoms with Crippen molar-refractivity contribution in [2.45, 2.75) is 38.3 Å². The highest BCUT2D eigenvalue weighted by Crippen LogP contribution is 2.36. The Bertz CT molecular complexity index is 1000. The van der Waals surface area contributed by atoms with Crippen molar-refractivity contribution in [2.24, 2.45) is 4.99 Å². The Morgan fingerprint density at radius 1 is 1.26 bits per heavy atom. The van der Waals surface area contributed by atoms with E-state index < -0.39 is 0 Å². The average Bonchev–Trinajstić information content (AvgIpc) is 3.26. The van der Waals surface area contributed by atoms with E-state index in [0.717, 1.165) is 28.9 Å². The van der Waals surface area contributed by atoms with Crippen molar-refractivity contribution in [1.29, 1.82) is 0 Å². The Labute approximate surface area is 165 Å². The van der Waals surface area contributed by atoms with Crippen molar-refractivity contribution >= 4 is 51.5 Å². The number of hydrogen-bond acceptors (Lipinski definition) is 6. The van der Waals surface area contributed by atoms with E-state index in [1.54, 1.807) is 12.1 Å². The van der Waals surface area contributed by atoms with Crippen LogP contribution in [0, 0.1) is 6.92 Å². The summed E-state index contributed by atoms with van der Waals surface area (Å²) in [5.74, 6) is 0.287. The normalized spacial score (nSPS) is 18.0. The summed E-state index contributed by atoms with van der Waals surface area (Å²) in [6.45, 7) is 5.72. The molecule has 138 valence electrons. The van der Waals surface area contributed by atoms with Crippen LogP contribution in [-0.4, -0.2) is 27.1 Å². The minimum Gasteiger partial charge on any atom is -0.450 e.